The van der Waals surface area contributed by atoms with Crippen LogP contribution < -0.4 is 9.62 Å². The molecule has 1 N–H and O–H groups in total. The second kappa shape index (κ2) is 11.2. The molecule has 0 saturated heterocycles. The summed E-state index contributed by atoms with van der Waals surface area (Å²) < 4.78 is 28.9. The zero-order chi connectivity index (χ0) is 25.5. The number of sulfonamides is 1. The van der Waals surface area contributed by atoms with Crippen molar-refractivity contribution in [1.82, 2.24) is 5.32 Å². The average Bonchev–Trinajstić information content (AvgIpc) is 2.92. The number of carbonyl (C=O) groups excluding carboxylic acids is 1. The molecule has 0 bridgehead atoms. The zero-order valence-corrected chi connectivity index (χ0v) is 21.3. The van der Waals surface area contributed by atoms with Gasteiger partial charge < -0.3 is 5.32 Å². The first kappa shape index (κ1) is 25.2. The van der Waals surface area contributed by atoms with E-state index in [1.54, 1.807) is 54.6 Å². The van der Waals surface area contributed by atoms with Crippen molar-refractivity contribution in [3.8, 4) is 0 Å². The van der Waals surface area contributed by atoms with Gasteiger partial charge in [-0.2, -0.15) is 0 Å². The van der Waals surface area contributed by atoms with Gasteiger partial charge in [0.15, 0.2) is 0 Å². The van der Waals surface area contributed by atoms with E-state index in [1.165, 1.54) is 9.87 Å². The van der Waals surface area contributed by atoms with E-state index in [4.69, 9.17) is 0 Å². The van der Waals surface area contributed by atoms with E-state index >= 15 is 0 Å². The Morgan fingerprint density at radius 2 is 1.36 bits per heavy atom. The van der Waals surface area contributed by atoms with E-state index in [-0.39, 0.29) is 23.4 Å². The first-order valence-electron chi connectivity index (χ1n) is 12.0. The highest BCUT2D eigenvalue weighted by molar-refractivity contribution is 7.92. The summed E-state index contributed by atoms with van der Waals surface area (Å²) in [5.41, 5.74) is 3.65. The third kappa shape index (κ3) is 5.66. The number of anilines is 1. The molecule has 4 aromatic rings. The van der Waals surface area contributed by atoms with Gasteiger partial charge in [0, 0.05) is 0 Å². The minimum Gasteiger partial charge on any atom is -0.345 e. The number of aryl methyl sites for hydroxylation is 1. The van der Waals surface area contributed by atoms with Crippen molar-refractivity contribution in [2.24, 2.45) is 0 Å². The Hall–Kier alpha value is -3.90. The Bertz CT molecular complexity index is 1400. The Balaban J connectivity index is 1.71. The second-order valence-electron chi connectivity index (χ2n) is 8.62. The summed E-state index contributed by atoms with van der Waals surface area (Å²) in [5.74, 6) is -0.334. The van der Waals surface area contributed by atoms with E-state index in [0.29, 0.717) is 11.3 Å². The molecule has 4 aromatic carbocycles. The number of nitrogens with zero attached hydrogens (tertiary/aromatic N) is 1. The third-order valence-electron chi connectivity index (χ3n) is 6.15. The standard InChI is InChI=1S/C30H30N2O3S/c1-3-24-18-20-26(21-19-24)23(2)31-30(33)28-16-10-11-17-29(28)32(22-25-12-6-4-7-13-25)36(34,35)27-14-8-5-9-15-27/h4-21,23H,3,22H2,1-2H3,(H,31,33)/t23-/m1/s1. The second-order valence-corrected chi connectivity index (χ2v) is 10.5. The van der Waals surface area contributed by atoms with Crippen LogP contribution in [0, 0.1) is 0 Å². The van der Waals surface area contributed by atoms with E-state index in [9.17, 15) is 13.2 Å². The van der Waals surface area contributed by atoms with Crippen molar-refractivity contribution in [2.45, 2.75) is 37.8 Å². The van der Waals surface area contributed by atoms with Crippen molar-refractivity contribution < 1.29 is 13.2 Å². The molecule has 0 heterocycles. The van der Waals surface area contributed by atoms with E-state index < -0.39 is 10.0 Å². The van der Waals surface area contributed by atoms with Gasteiger partial charge in [-0.3, -0.25) is 9.10 Å². The molecular formula is C30H30N2O3S. The van der Waals surface area contributed by atoms with Gasteiger partial charge in [-0.1, -0.05) is 91.9 Å². The molecule has 6 heteroatoms. The molecule has 0 unspecified atom stereocenters. The molecule has 0 aromatic heterocycles. The van der Waals surface area contributed by atoms with Gasteiger partial charge in [-0.25, -0.2) is 8.42 Å². The molecule has 1 atom stereocenters. The summed E-state index contributed by atoms with van der Waals surface area (Å²) in [4.78, 5) is 13.6. The lowest BCUT2D eigenvalue weighted by atomic mass is 10.0. The smallest absolute Gasteiger partial charge is 0.264 e. The lowest BCUT2D eigenvalue weighted by molar-refractivity contribution is 0.0940. The van der Waals surface area contributed by atoms with Gasteiger partial charge in [-0.05, 0) is 54.3 Å². The van der Waals surface area contributed by atoms with Crippen LogP contribution >= 0.6 is 0 Å². The highest BCUT2D eigenvalue weighted by Crippen LogP contribution is 2.29. The Morgan fingerprint density at radius 3 is 2.00 bits per heavy atom. The minimum absolute atomic E-state index is 0.0936. The van der Waals surface area contributed by atoms with Gasteiger partial charge >= 0.3 is 0 Å². The Kier molecular flexibility index (Phi) is 7.86. The number of benzene rings is 4. The quantitative estimate of drug-likeness (QED) is 0.302. The largest absolute Gasteiger partial charge is 0.345 e. The number of para-hydroxylation sites is 1. The normalized spacial score (nSPS) is 12.1. The van der Waals surface area contributed by atoms with Crippen molar-refractivity contribution in [1.29, 1.82) is 0 Å². The fraction of sp³-hybridized carbons (Fsp3) is 0.167. The maximum Gasteiger partial charge on any atom is 0.264 e. The maximum absolute atomic E-state index is 13.8. The van der Waals surface area contributed by atoms with Crippen LogP contribution in [0.5, 0.6) is 0 Å². The fourth-order valence-electron chi connectivity index (χ4n) is 4.05. The van der Waals surface area contributed by atoms with Crippen LogP contribution in [-0.2, 0) is 23.0 Å². The minimum atomic E-state index is -3.94. The van der Waals surface area contributed by atoms with Crippen LogP contribution in [0.25, 0.3) is 0 Å². The molecule has 0 aliphatic heterocycles. The molecule has 0 saturated carbocycles. The molecule has 0 aliphatic rings. The SMILES string of the molecule is CCc1ccc([C@@H](C)NC(=O)c2ccccc2N(Cc2ccccc2)S(=O)(=O)c2ccccc2)cc1. The maximum atomic E-state index is 13.8. The molecule has 36 heavy (non-hydrogen) atoms. The van der Waals surface area contributed by atoms with Crippen LogP contribution in [0.1, 0.15) is 46.9 Å². The van der Waals surface area contributed by atoms with Gasteiger partial charge in [-0.15, -0.1) is 0 Å². The number of hydrogen-bond acceptors (Lipinski definition) is 3. The molecule has 0 fully saturated rings. The van der Waals surface area contributed by atoms with E-state index in [1.807, 2.05) is 49.4 Å². The van der Waals surface area contributed by atoms with Crippen molar-refractivity contribution in [2.75, 3.05) is 4.31 Å². The van der Waals surface area contributed by atoms with Crippen molar-refractivity contribution in [3.63, 3.8) is 0 Å². The van der Waals surface area contributed by atoms with Crippen LogP contribution in [-0.4, -0.2) is 14.3 Å². The molecule has 4 rings (SSSR count). The summed E-state index contributed by atoms with van der Waals surface area (Å²) >= 11 is 0. The van der Waals surface area contributed by atoms with Gasteiger partial charge in [0.1, 0.15) is 0 Å². The number of hydrogen-bond donors (Lipinski definition) is 1. The summed E-state index contributed by atoms with van der Waals surface area (Å²) in [6.45, 7) is 4.11. The number of amides is 1. The molecule has 5 nitrogen and oxygen atoms in total. The molecular weight excluding hydrogens is 468 g/mol. The van der Waals surface area contributed by atoms with Crippen LogP contribution in [0.2, 0.25) is 0 Å². The highest BCUT2D eigenvalue weighted by atomic mass is 32.2. The lowest BCUT2D eigenvalue weighted by Crippen LogP contribution is -2.34. The average molecular weight is 499 g/mol. The third-order valence-corrected chi connectivity index (χ3v) is 7.93. The van der Waals surface area contributed by atoms with Crippen LogP contribution in [0.15, 0.2) is 114 Å². The van der Waals surface area contributed by atoms with Gasteiger partial charge in [0.2, 0.25) is 0 Å². The van der Waals surface area contributed by atoms with Crippen molar-refractivity contribution in [3.05, 3.63) is 131 Å². The Morgan fingerprint density at radius 1 is 0.778 bits per heavy atom. The zero-order valence-electron chi connectivity index (χ0n) is 20.5. The predicted octanol–water partition coefficient (Wildman–Crippen LogP) is 6.14. The first-order valence-corrected chi connectivity index (χ1v) is 13.4. The molecule has 1 amide bonds. The molecule has 184 valence electrons. The van der Waals surface area contributed by atoms with E-state index in [0.717, 1.165) is 17.5 Å². The predicted molar refractivity (Wildman–Crippen MR) is 144 cm³/mol. The molecule has 0 spiro atoms. The number of carbonyl (C=O) groups is 1. The topological polar surface area (TPSA) is 66.5 Å². The van der Waals surface area contributed by atoms with Gasteiger partial charge in [0.25, 0.3) is 15.9 Å². The molecule has 0 aliphatic carbocycles. The van der Waals surface area contributed by atoms with E-state index in [2.05, 4.69) is 24.4 Å². The van der Waals surface area contributed by atoms with Crippen molar-refractivity contribution >= 4 is 21.6 Å². The fourth-order valence-corrected chi connectivity index (χ4v) is 5.54. The Labute approximate surface area is 213 Å². The summed E-state index contributed by atoms with van der Waals surface area (Å²) in [5, 5.41) is 3.04. The summed E-state index contributed by atoms with van der Waals surface area (Å²) in [6.07, 6.45) is 0.946. The monoisotopic (exact) mass is 498 g/mol. The summed E-state index contributed by atoms with van der Waals surface area (Å²) in [7, 11) is -3.94. The van der Waals surface area contributed by atoms with Gasteiger partial charge in [0.05, 0.1) is 28.7 Å². The summed E-state index contributed by atoms with van der Waals surface area (Å²) in [6, 6.07) is 32.4. The highest BCUT2D eigenvalue weighted by Gasteiger charge is 2.28. The number of rotatable bonds is 9. The molecule has 0 radical (unpaired) electrons. The number of nitrogens with one attached hydrogen (secondary N) is 1. The lowest BCUT2D eigenvalue weighted by Gasteiger charge is -2.27. The van der Waals surface area contributed by atoms with Crippen LogP contribution in [0.4, 0.5) is 5.69 Å². The first-order chi connectivity index (χ1) is 17.4. The van der Waals surface area contributed by atoms with Crippen LogP contribution in [0.3, 0.4) is 0 Å².